The van der Waals surface area contributed by atoms with Gasteiger partial charge in [0.15, 0.2) is 0 Å². The fraction of sp³-hybridized carbons (Fsp3) is 0.364. The number of carboxylic acids is 2. The van der Waals surface area contributed by atoms with Gasteiger partial charge in [0.05, 0.1) is 26.1 Å². The summed E-state index contributed by atoms with van der Waals surface area (Å²) in [7, 11) is 0. The third-order valence-corrected chi connectivity index (χ3v) is 4.86. The van der Waals surface area contributed by atoms with Gasteiger partial charge in [-0.3, -0.25) is 9.59 Å². The van der Waals surface area contributed by atoms with Gasteiger partial charge in [-0.05, 0) is 62.1 Å². The van der Waals surface area contributed by atoms with E-state index >= 15 is 0 Å². The quantitative estimate of drug-likeness (QED) is 0.405. The van der Waals surface area contributed by atoms with Crippen LogP contribution < -0.4 is 0 Å². The standard InChI is InChI=1S/C22H26N2O8/c1-5-31-21(29)19-11(3)13(9-17(25)26)15(23-19)7-8-16-14(10-18(27)28)12(4)20(24-16)22(30)32-6-2/h7-8,23-24H,5-6,9-10H2,1-4H3,(H,25,26)(H,27,28). The van der Waals surface area contributed by atoms with Gasteiger partial charge in [0, 0.05) is 11.4 Å². The van der Waals surface area contributed by atoms with E-state index < -0.39 is 23.9 Å². The molecule has 4 N–H and O–H groups in total. The van der Waals surface area contributed by atoms with Gasteiger partial charge in [-0.1, -0.05) is 0 Å². The van der Waals surface area contributed by atoms with Gasteiger partial charge in [-0.15, -0.1) is 0 Å². The van der Waals surface area contributed by atoms with Crippen molar-refractivity contribution in [2.24, 2.45) is 0 Å². The molecular weight excluding hydrogens is 420 g/mol. The van der Waals surface area contributed by atoms with Crippen LogP contribution in [0, 0.1) is 13.8 Å². The van der Waals surface area contributed by atoms with E-state index in [0.717, 1.165) is 0 Å². The number of aliphatic carboxylic acids is 2. The Bertz CT molecular complexity index is 990. The average Bonchev–Trinajstić information content (AvgIpc) is 3.18. The van der Waals surface area contributed by atoms with Crippen LogP contribution >= 0.6 is 0 Å². The van der Waals surface area contributed by atoms with Gasteiger partial charge in [0.2, 0.25) is 0 Å². The van der Waals surface area contributed by atoms with Crippen molar-refractivity contribution >= 4 is 36.0 Å². The molecule has 2 aromatic heterocycles. The van der Waals surface area contributed by atoms with E-state index in [1.807, 2.05) is 0 Å². The van der Waals surface area contributed by atoms with Gasteiger partial charge in [-0.2, -0.15) is 0 Å². The molecule has 0 saturated heterocycles. The van der Waals surface area contributed by atoms with Gasteiger partial charge < -0.3 is 29.7 Å². The zero-order chi connectivity index (χ0) is 24.0. The van der Waals surface area contributed by atoms with Crippen LogP contribution in [0.2, 0.25) is 0 Å². The Labute approximate surface area is 184 Å². The Balaban J connectivity index is 2.55. The molecule has 32 heavy (non-hydrogen) atoms. The molecule has 0 aliphatic carbocycles. The summed E-state index contributed by atoms with van der Waals surface area (Å²) in [5.41, 5.74) is 2.69. The van der Waals surface area contributed by atoms with Crippen LogP contribution in [-0.4, -0.2) is 57.3 Å². The Morgan fingerprint density at radius 1 is 0.750 bits per heavy atom. The van der Waals surface area contributed by atoms with Crippen molar-refractivity contribution in [2.45, 2.75) is 40.5 Å². The topological polar surface area (TPSA) is 159 Å². The minimum absolute atomic E-state index is 0.142. The summed E-state index contributed by atoms with van der Waals surface area (Å²) in [6.45, 7) is 6.88. The van der Waals surface area contributed by atoms with Crippen LogP contribution in [0.4, 0.5) is 0 Å². The maximum Gasteiger partial charge on any atom is 0.355 e. The van der Waals surface area contributed by atoms with Crippen molar-refractivity contribution in [1.29, 1.82) is 0 Å². The Kier molecular flexibility index (Phi) is 8.00. The summed E-state index contributed by atoms with van der Waals surface area (Å²) in [6.07, 6.45) is 2.39. The van der Waals surface area contributed by atoms with E-state index in [4.69, 9.17) is 9.47 Å². The molecule has 0 spiro atoms. The first-order valence-electron chi connectivity index (χ1n) is 9.99. The molecule has 0 aliphatic rings. The zero-order valence-corrected chi connectivity index (χ0v) is 18.3. The number of hydrogen-bond donors (Lipinski definition) is 4. The van der Waals surface area contributed by atoms with E-state index in [1.165, 1.54) is 12.2 Å². The maximum absolute atomic E-state index is 12.2. The fourth-order valence-electron chi connectivity index (χ4n) is 3.34. The SMILES string of the molecule is CCOC(=O)c1[nH]c(C=Cc2[nH]c(C(=O)OCC)c(C)c2CC(=O)O)c(CC(=O)O)c1C. The minimum atomic E-state index is -1.08. The lowest BCUT2D eigenvalue weighted by molar-refractivity contribution is -0.137. The lowest BCUT2D eigenvalue weighted by atomic mass is 10.0. The number of ether oxygens (including phenoxy) is 2. The second-order valence-electron chi connectivity index (χ2n) is 6.95. The monoisotopic (exact) mass is 446 g/mol. The van der Waals surface area contributed by atoms with Crippen LogP contribution in [0.15, 0.2) is 0 Å². The molecule has 0 fully saturated rings. The molecule has 0 amide bonds. The number of carbonyl (C=O) groups is 4. The van der Waals surface area contributed by atoms with Crippen LogP contribution in [0.1, 0.15) is 68.5 Å². The second kappa shape index (κ2) is 10.5. The number of carboxylic acid groups (broad SMARTS) is 2. The molecule has 10 heteroatoms. The first-order chi connectivity index (χ1) is 15.1. The first kappa shape index (κ1) is 24.4. The van der Waals surface area contributed by atoms with Gasteiger partial charge in [0.25, 0.3) is 0 Å². The largest absolute Gasteiger partial charge is 0.481 e. The lowest BCUT2D eigenvalue weighted by Gasteiger charge is -2.01. The van der Waals surface area contributed by atoms with Crippen molar-refractivity contribution in [3.63, 3.8) is 0 Å². The van der Waals surface area contributed by atoms with Crippen molar-refractivity contribution in [1.82, 2.24) is 9.97 Å². The number of esters is 2. The molecule has 2 heterocycles. The predicted octanol–water partition coefficient (Wildman–Crippen LogP) is 2.74. The average molecular weight is 446 g/mol. The normalized spacial score (nSPS) is 11.0. The molecule has 0 atom stereocenters. The van der Waals surface area contributed by atoms with E-state index in [-0.39, 0.29) is 37.4 Å². The molecule has 172 valence electrons. The predicted molar refractivity (Wildman–Crippen MR) is 115 cm³/mol. The van der Waals surface area contributed by atoms with E-state index in [1.54, 1.807) is 27.7 Å². The highest BCUT2D eigenvalue weighted by Gasteiger charge is 2.23. The summed E-state index contributed by atoms with van der Waals surface area (Å²) in [6, 6.07) is 0. The number of nitrogens with one attached hydrogen (secondary N) is 2. The molecule has 2 aromatic rings. The van der Waals surface area contributed by atoms with E-state index in [0.29, 0.717) is 33.6 Å². The van der Waals surface area contributed by atoms with Crippen LogP contribution in [0.3, 0.4) is 0 Å². The highest BCUT2D eigenvalue weighted by atomic mass is 16.5. The maximum atomic E-state index is 12.2. The highest BCUT2D eigenvalue weighted by molar-refractivity contribution is 5.93. The third-order valence-electron chi connectivity index (χ3n) is 4.86. The van der Waals surface area contributed by atoms with Crippen molar-refractivity contribution < 1.29 is 38.9 Å². The summed E-state index contributed by atoms with van der Waals surface area (Å²) >= 11 is 0. The molecule has 0 aromatic carbocycles. The molecule has 0 aliphatic heterocycles. The smallest absolute Gasteiger partial charge is 0.355 e. The lowest BCUT2D eigenvalue weighted by Crippen LogP contribution is -2.07. The molecule has 0 unspecified atom stereocenters. The Morgan fingerprint density at radius 2 is 1.09 bits per heavy atom. The number of H-pyrrole nitrogens is 2. The summed E-state index contributed by atoms with van der Waals surface area (Å²) < 4.78 is 10.0. The third kappa shape index (κ3) is 5.45. The van der Waals surface area contributed by atoms with Gasteiger partial charge >= 0.3 is 23.9 Å². The number of aromatic nitrogens is 2. The van der Waals surface area contributed by atoms with Crippen molar-refractivity contribution in [2.75, 3.05) is 13.2 Å². The molecule has 0 radical (unpaired) electrons. The van der Waals surface area contributed by atoms with Gasteiger partial charge in [0.1, 0.15) is 11.4 Å². The summed E-state index contributed by atoms with van der Waals surface area (Å²) in [5, 5.41) is 18.5. The number of aromatic amines is 2. The van der Waals surface area contributed by atoms with Gasteiger partial charge in [-0.25, -0.2) is 9.59 Å². The van der Waals surface area contributed by atoms with Crippen LogP contribution in [-0.2, 0) is 31.9 Å². The molecule has 10 nitrogen and oxygen atoms in total. The van der Waals surface area contributed by atoms with E-state index in [2.05, 4.69) is 9.97 Å². The number of hydrogen-bond acceptors (Lipinski definition) is 6. The summed E-state index contributed by atoms with van der Waals surface area (Å²) in [4.78, 5) is 52.9. The number of rotatable bonds is 10. The van der Waals surface area contributed by atoms with Crippen LogP contribution in [0.5, 0.6) is 0 Å². The fourth-order valence-corrected chi connectivity index (χ4v) is 3.34. The highest BCUT2D eigenvalue weighted by Crippen LogP contribution is 2.25. The minimum Gasteiger partial charge on any atom is -0.481 e. The zero-order valence-electron chi connectivity index (χ0n) is 18.3. The molecular formula is C22H26N2O8. The Morgan fingerprint density at radius 3 is 1.38 bits per heavy atom. The Hall–Kier alpha value is -3.82. The molecule has 0 saturated carbocycles. The summed E-state index contributed by atoms with van der Waals surface area (Å²) in [5.74, 6) is -3.38. The van der Waals surface area contributed by atoms with Crippen molar-refractivity contribution in [3.8, 4) is 0 Å². The number of carbonyl (C=O) groups excluding carboxylic acids is 2. The second-order valence-corrected chi connectivity index (χ2v) is 6.95. The van der Waals surface area contributed by atoms with E-state index in [9.17, 15) is 29.4 Å². The molecule has 2 rings (SSSR count). The van der Waals surface area contributed by atoms with Crippen LogP contribution in [0.25, 0.3) is 12.2 Å². The van der Waals surface area contributed by atoms with Crippen molar-refractivity contribution in [3.05, 3.63) is 45.0 Å². The molecule has 0 bridgehead atoms. The first-order valence-corrected chi connectivity index (χ1v) is 9.99.